The lowest BCUT2D eigenvalue weighted by atomic mass is 10.0. The van der Waals surface area contributed by atoms with E-state index in [0.717, 1.165) is 38.0 Å². The van der Waals surface area contributed by atoms with Crippen LogP contribution in [0.3, 0.4) is 0 Å². The second kappa shape index (κ2) is 7.59. The fourth-order valence-electron chi connectivity index (χ4n) is 2.97. The highest BCUT2D eigenvalue weighted by molar-refractivity contribution is 6.29. The molecule has 1 aliphatic rings. The lowest BCUT2D eigenvalue weighted by Gasteiger charge is -2.32. The summed E-state index contributed by atoms with van der Waals surface area (Å²) < 4.78 is 0. The van der Waals surface area contributed by atoms with Crippen LogP contribution in [-0.2, 0) is 6.54 Å². The number of likely N-dealkylation sites (tertiary alicyclic amines) is 1. The van der Waals surface area contributed by atoms with E-state index in [4.69, 9.17) is 11.6 Å². The normalized spacial score (nSPS) is 16.0. The number of para-hydroxylation sites is 2. The zero-order valence-electron chi connectivity index (χ0n) is 13.2. The molecule has 0 spiro atoms. The fourth-order valence-corrected chi connectivity index (χ4v) is 3.08. The van der Waals surface area contributed by atoms with E-state index in [1.165, 1.54) is 6.07 Å². The number of pyridine rings is 1. The summed E-state index contributed by atoms with van der Waals surface area (Å²) in [5.74, 6) is 0. The number of nitrogens with zero attached hydrogens (tertiary/aromatic N) is 3. The van der Waals surface area contributed by atoms with Crippen LogP contribution in [0.25, 0.3) is 0 Å². The van der Waals surface area contributed by atoms with Crippen molar-refractivity contribution in [3.05, 3.63) is 63.4 Å². The summed E-state index contributed by atoms with van der Waals surface area (Å²) in [5.41, 5.74) is 1.87. The molecular weight excluding hydrogens is 328 g/mol. The third-order valence-electron chi connectivity index (χ3n) is 4.24. The molecular formula is C17H19ClN4O2. The first-order chi connectivity index (χ1) is 11.6. The van der Waals surface area contributed by atoms with E-state index in [0.29, 0.717) is 10.8 Å². The van der Waals surface area contributed by atoms with Crippen molar-refractivity contribution in [1.82, 2.24) is 9.88 Å². The Morgan fingerprint density at radius 2 is 2.00 bits per heavy atom. The quantitative estimate of drug-likeness (QED) is 0.507. The van der Waals surface area contributed by atoms with E-state index in [9.17, 15) is 10.1 Å². The molecule has 0 aliphatic carbocycles. The zero-order chi connectivity index (χ0) is 16.9. The number of rotatable bonds is 5. The van der Waals surface area contributed by atoms with Crippen LogP contribution in [0.5, 0.6) is 0 Å². The van der Waals surface area contributed by atoms with Gasteiger partial charge in [0.1, 0.15) is 10.8 Å². The van der Waals surface area contributed by atoms with E-state index in [2.05, 4.69) is 15.2 Å². The molecule has 1 aromatic heterocycles. The SMILES string of the molecule is O=[N+]([O-])c1ccccc1NC1CCN(Cc2ccc(Cl)nc2)CC1. The van der Waals surface area contributed by atoms with Crippen LogP contribution in [0.2, 0.25) is 5.15 Å². The summed E-state index contributed by atoms with van der Waals surface area (Å²) in [4.78, 5) is 17.2. The molecule has 2 aromatic rings. The van der Waals surface area contributed by atoms with Gasteiger partial charge in [-0.15, -0.1) is 0 Å². The molecule has 0 bridgehead atoms. The zero-order valence-corrected chi connectivity index (χ0v) is 13.9. The molecule has 1 aliphatic heterocycles. The maximum atomic E-state index is 11.1. The molecule has 0 atom stereocenters. The Labute approximate surface area is 145 Å². The first-order valence-electron chi connectivity index (χ1n) is 7.94. The summed E-state index contributed by atoms with van der Waals surface area (Å²) in [5, 5.41) is 14.9. The Hall–Kier alpha value is -2.18. The number of hydrogen-bond acceptors (Lipinski definition) is 5. The molecule has 126 valence electrons. The Balaban J connectivity index is 1.54. The predicted molar refractivity (Wildman–Crippen MR) is 94.3 cm³/mol. The highest BCUT2D eigenvalue weighted by atomic mass is 35.5. The van der Waals surface area contributed by atoms with Crippen molar-refractivity contribution >= 4 is 23.0 Å². The summed E-state index contributed by atoms with van der Waals surface area (Å²) >= 11 is 5.80. The van der Waals surface area contributed by atoms with Crippen LogP contribution >= 0.6 is 11.6 Å². The Kier molecular flexibility index (Phi) is 5.27. The highest BCUT2D eigenvalue weighted by Gasteiger charge is 2.21. The van der Waals surface area contributed by atoms with Crippen molar-refractivity contribution in [1.29, 1.82) is 0 Å². The minimum absolute atomic E-state index is 0.132. The molecule has 1 fully saturated rings. The topological polar surface area (TPSA) is 71.3 Å². The van der Waals surface area contributed by atoms with E-state index in [1.807, 2.05) is 12.1 Å². The average Bonchev–Trinajstić information content (AvgIpc) is 2.59. The van der Waals surface area contributed by atoms with Gasteiger partial charge in [0.15, 0.2) is 0 Å². The van der Waals surface area contributed by atoms with Crippen LogP contribution < -0.4 is 5.32 Å². The second-order valence-electron chi connectivity index (χ2n) is 5.96. The number of anilines is 1. The van der Waals surface area contributed by atoms with Gasteiger partial charge in [-0.25, -0.2) is 4.98 Å². The van der Waals surface area contributed by atoms with Crippen molar-refractivity contribution in [3.8, 4) is 0 Å². The van der Waals surface area contributed by atoms with Crippen molar-refractivity contribution in [2.75, 3.05) is 18.4 Å². The molecule has 0 amide bonds. The lowest BCUT2D eigenvalue weighted by molar-refractivity contribution is -0.384. The number of hydrogen-bond donors (Lipinski definition) is 1. The van der Waals surface area contributed by atoms with Gasteiger partial charge in [0, 0.05) is 37.9 Å². The summed E-state index contributed by atoms with van der Waals surface area (Å²) in [6, 6.07) is 10.9. The monoisotopic (exact) mass is 346 g/mol. The molecule has 6 nitrogen and oxygen atoms in total. The maximum Gasteiger partial charge on any atom is 0.292 e. The van der Waals surface area contributed by atoms with Gasteiger partial charge in [0.25, 0.3) is 5.69 Å². The van der Waals surface area contributed by atoms with Crippen LogP contribution in [0.1, 0.15) is 18.4 Å². The van der Waals surface area contributed by atoms with Gasteiger partial charge >= 0.3 is 0 Å². The summed E-state index contributed by atoms with van der Waals surface area (Å²) in [7, 11) is 0. The molecule has 7 heteroatoms. The van der Waals surface area contributed by atoms with Crippen molar-refractivity contribution in [3.63, 3.8) is 0 Å². The minimum atomic E-state index is -0.342. The standard InChI is InChI=1S/C17H19ClN4O2/c18-17-6-5-13(11-19-17)12-21-9-7-14(8-10-21)20-15-3-1-2-4-16(15)22(23)24/h1-6,11,14,20H,7-10,12H2. The molecule has 3 rings (SSSR count). The first kappa shape index (κ1) is 16.7. The number of halogens is 1. The average molecular weight is 347 g/mol. The van der Waals surface area contributed by atoms with Crippen molar-refractivity contribution in [2.24, 2.45) is 0 Å². The molecule has 0 saturated carbocycles. The van der Waals surface area contributed by atoms with Gasteiger partial charge in [0.2, 0.25) is 0 Å². The molecule has 1 aromatic carbocycles. The molecule has 1 saturated heterocycles. The number of benzene rings is 1. The third-order valence-corrected chi connectivity index (χ3v) is 4.47. The van der Waals surface area contributed by atoms with Gasteiger partial charge < -0.3 is 5.32 Å². The second-order valence-corrected chi connectivity index (χ2v) is 6.35. The van der Waals surface area contributed by atoms with E-state index < -0.39 is 0 Å². The largest absolute Gasteiger partial charge is 0.377 e. The summed E-state index contributed by atoms with van der Waals surface area (Å²) in [6.07, 6.45) is 3.71. The van der Waals surface area contributed by atoms with E-state index in [-0.39, 0.29) is 16.7 Å². The molecule has 24 heavy (non-hydrogen) atoms. The van der Waals surface area contributed by atoms with Crippen LogP contribution in [0, 0.1) is 10.1 Å². The van der Waals surface area contributed by atoms with Gasteiger partial charge in [-0.1, -0.05) is 29.8 Å². The molecule has 0 unspecified atom stereocenters. The molecule has 2 heterocycles. The van der Waals surface area contributed by atoms with Gasteiger partial charge in [0.05, 0.1) is 4.92 Å². The first-order valence-corrected chi connectivity index (χ1v) is 8.32. The van der Waals surface area contributed by atoms with Gasteiger partial charge in [-0.3, -0.25) is 15.0 Å². The van der Waals surface area contributed by atoms with Crippen LogP contribution in [0.15, 0.2) is 42.6 Å². The third kappa shape index (κ3) is 4.21. The fraction of sp³-hybridized carbons (Fsp3) is 0.353. The Bertz CT molecular complexity index is 700. The highest BCUT2D eigenvalue weighted by Crippen LogP contribution is 2.26. The summed E-state index contributed by atoms with van der Waals surface area (Å²) in [6.45, 7) is 2.74. The number of nitro groups is 1. The van der Waals surface area contributed by atoms with Crippen molar-refractivity contribution < 1.29 is 4.92 Å². The Morgan fingerprint density at radius 1 is 1.25 bits per heavy atom. The molecule has 0 radical (unpaired) electrons. The predicted octanol–water partition coefficient (Wildman–Crippen LogP) is 3.72. The smallest absolute Gasteiger partial charge is 0.292 e. The number of aromatic nitrogens is 1. The van der Waals surface area contributed by atoms with Crippen LogP contribution in [0.4, 0.5) is 11.4 Å². The number of nitro benzene ring substituents is 1. The van der Waals surface area contributed by atoms with Gasteiger partial charge in [-0.2, -0.15) is 0 Å². The van der Waals surface area contributed by atoms with Crippen molar-refractivity contribution in [2.45, 2.75) is 25.4 Å². The van der Waals surface area contributed by atoms with E-state index in [1.54, 1.807) is 24.4 Å². The van der Waals surface area contributed by atoms with Crippen LogP contribution in [-0.4, -0.2) is 33.9 Å². The molecule has 1 N–H and O–H groups in total. The minimum Gasteiger partial charge on any atom is -0.377 e. The number of piperidine rings is 1. The lowest BCUT2D eigenvalue weighted by Crippen LogP contribution is -2.38. The Morgan fingerprint density at radius 3 is 2.67 bits per heavy atom. The van der Waals surface area contributed by atoms with Gasteiger partial charge in [-0.05, 0) is 30.5 Å². The number of nitrogens with one attached hydrogen (secondary N) is 1. The van der Waals surface area contributed by atoms with E-state index >= 15 is 0 Å². The maximum absolute atomic E-state index is 11.1.